The minimum atomic E-state index is -4.52. The fourth-order valence-electron chi connectivity index (χ4n) is 2.76. The molecule has 6 nitrogen and oxygen atoms in total. The zero-order valence-corrected chi connectivity index (χ0v) is 15.9. The highest BCUT2D eigenvalue weighted by atomic mass is 19.4. The number of aromatic nitrogens is 3. The third-order valence-corrected chi connectivity index (χ3v) is 4.28. The molecule has 4 aromatic rings. The molecule has 2 heterocycles. The van der Waals surface area contributed by atoms with Gasteiger partial charge in [0, 0.05) is 29.7 Å². The molecule has 0 aliphatic carbocycles. The van der Waals surface area contributed by atoms with Gasteiger partial charge < -0.3 is 14.6 Å². The lowest BCUT2D eigenvalue weighted by molar-refractivity contribution is -0.137. The Balaban J connectivity index is 1.40. The van der Waals surface area contributed by atoms with E-state index in [1.54, 1.807) is 41.0 Å². The normalized spacial score (nSPS) is 11.2. The van der Waals surface area contributed by atoms with E-state index in [4.69, 9.17) is 4.74 Å². The number of hydrogen-bond donors (Lipinski definition) is 1. The van der Waals surface area contributed by atoms with Crippen LogP contribution < -0.4 is 10.1 Å². The highest BCUT2D eigenvalue weighted by Gasteiger charge is 2.30. The molecule has 0 fully saturated rings. The largest absolute Gasteiger partial charge is 0.438 e. The Hall–Kier alpha value is -4.14. The molecule has 0 aliphatic heterocycles. The van der Waals surface area contributed by atoms with Gasteiger partial charge >= 0.3 is 6.18 Å². The van der Waals surface area contributed by atoms with Crippen molar-refractivity contribution in [3.05, 3.63) is 96.3 Å². The number of alkyl halides is 3. The molecule has 0 radical (unpaired) electrons. The third-order valence-electron chi connectivity index (χ3n) is 4.28. The van der Waals surface area contributed by atoms with Crippen LogP contribution in [-0.2, 0) is 6.18 Å². The molecular formula is C22H15F3N4O2. The second-order valence-electron chi connectivity index (χ2n) is 6.48. The van der Waals surface area contributed by atoms with Crippen LogP contribution in [0.15, 0.2) is 85.2 Å². The van der Waals surface area contributed by atoms with Crippen molar-refractivity contribution in [2.75, 3.05) is 5.32 Å². The van der Waals surface area contributed by atoms with Crippen LogP contribution in [0.5, 0.6) is 11.6 Å². The number of ether oxygens (including phenoxy) is 1. The smallest absolute Gasteiger partial charge is 0.416 e. The zero-order chi connectivity index (χ0) is 21.8. The predicted octanol–water partition coefficient (Wildman–Crippen LogP) is 5.33. The van der Waals surface area contributed by atoms with Crippen LogP contribution in [0.1, 0.15) is 15.9 Å². The lowest BCUT2D eigenvalue weighted by atomic mass is 10.1. The lowest BCUT2D eigenvalue weighted by Crippen LogP contribution is -2.13. The van der Waals surface area contributed by atoms with E-state index >= 15 is 0 Å². The van der Waals surface area contributed by atoms with Crippen molar-refractivity contribution in [3.8, 4) is 17.4 Å². The number of hydrogen-bond acceptors (Lipinski definition) is 4. The molecule has 0 unspecified atom stereocenters. The molecule has 0 atom stereocenters. The van der Waals surface area contributed by atoms with E-state index in [9.17, 15) is 18.0 Å². The molecule has 0 saturated carbocycles. The molecule has 0 saturated heterocycles. The van der Waals surface area contributed by atoms with Crippen LogP contribution in [0.2, 0.25) is 0 Å². The van der Waals surface area contributed by atoms with Gasteiger partial charge in [0.2, 0.25) is 5.88 Å². The summed E-state index contributed by atoms with van der Waals surface area (Å²) in [6.07, 6.45) is -0.827. The topological polar surface area (TPSA) is 69.0 Å². The number of nitrogens with zero attached hydrogens (tertiary/aromatic N) is 3. The highest BCUT2D eigenvalue weighted by molar-refractivity contribution is 6.04. The average molecular weight is 424 g/mol. The van der Waals surface area contributed by atoms with Crippen LogP contribution in [-0.4, -0.2) is 20.7 Å². The quantitative estimate of drug-likeness (QED) is 0.470. The van der Waals surface area contributed by atoms with Crippen molar-refractivity contribution < 1.29 is 22.7 Å². The minimum Gasteiger partial charge on any atom is -0.438 e. The van der Waals surface area contributed by atoms with E-state index in [1.807, 2.05) is 24.5 Å². The Morgan fingerprint density at radius 2 is 1.65 bits per heavy atom. The number of nitrogens with one attached hydrogen (secondary N) is 1. The predicted molar refractivity (Wildman–Crippen MR) is 107 cm³/mol. The average Bonchev–Trinajstić information content (AvgIpc) is 3.30. The van der Waals surface area contributed by atoms with Crippen molar-refractivity contribution in [3.63, 3.8) is 0 Å². The minimum absolute atomic E-state index is 0.0896. The fourth-order valence-corrected chi connectivity index (χ4v) is 2.76. The van der Waals surface area contributed by atoms with Gasteiger partial charge in [-0.15, -0.1) is 10.2 Å². The molecule has 31 heavy (non-hydrogen) atoms. The first-order chi connectivity index (χ1) is 14.9. The molecule has 2 aromatic carbocycles. The van der Waals surface area contributed by atoms with Crippen LogP contribution in [0.3, 0.4) is 0 Å². The number of benzene rings is 2. The first-order valence-electron chi connectivity index (χ1n) is 9.12. The maximum Gasteiger partial charge on any atom is 0.416 e. The third kappa shape index (κ3) is 4.89. The Morgan fingerprint density at radius 1 is 0.903 bits per heavy atom. The van der Waals surface area contributed by atoms with Gasteiger partial charge in [-0.1, -0.05) is 6.07 Å². The highest BCUT2D eigenvalue weighted by Crippen LogP contribution is 2.30. The SMILES string of the molecule is O=C(Nc1ccc(Oc2ccc(-n3cccc3)nn2)cc1)c1cccc(C(F)(F)F)c1. The Bertz CT molecular complexity index is 1170. The summed E-state index contributed by atoms with van der Waals surface area (Å²) >= 11 is 0. The van der Waals surface area contributed by atoms with Crippen molar-refractivity contribution in [1.29, 1.82) is 0 Å². The molecule has 1 amide bonds. The summed E-state index contributed by atoms with van der Waals surface area (Å²) in [6, 6.07) is 17.8. The number of carbonyl (C=O) groups is 1. The Kier molecular flexibility index (Phi) is 5.40. The standard InChI is InChI=1S/C22H15F3N4O2/c23-22(24,25)16-5-3-4-15(14-16)21(30)26-17-6-8-18(9-7-17)31-20-11-10-19(27-28-20)29-12-1-2-13-29/h1-14H,(H,26,30). The van der Waals surface area contributed by atoms with Gasteiger partial charge in [0.05, 0.1) is 5.56 Å². The first kappa shape index (κ1) is 20.1. The molecule has 9 heteroatoms. The maximum atomic E-state index is 12.8. The van der Waals surface area contributed by atoms with Crippen LogP contribution in [0.4, 0.5) is 18.9 Å². The molecule has 0 aliphatic rings. The van der Waals surface area contributed by atoms with Gasteiger partial charge in [0.15, 0.2) is 5.82 Å². The zero-order valence-electron chi connectivity index (χ0n) is 15.9. The van der Waals surface area contributed by atoms with E-state index in [0.717, 1.165) is 12.1 Å². The van der Waals surface area contributed by atoms with Gasteiger partial charge in [0.25, 0.3) is 5.91 Å². The van der Waals surface area contributed by atoms with Gasteiger partial charge in [-0.05, 0) is 60.7 Å². The Labute approximate surface area is 174 Å². The summed E-state index contributed by atoms with van der Waals surface area (Å²) in [5.41, 5.74) is -0.565. The number of amides is 1. The summed E-state index contributed by atoms with van der Waals surface area (Å²) in [6.45, 7) is 0. The van der Waals surface area contributed by atoms with Gasteiger partial charge in [-0.25, -0.2) is 0 Å². The molecular weight excluding hydrogens is 409 g/mol. The van der Waals surface area contributed by atoms with Crippen LogP contribution in [0, 0.1) is 0 Å². The fraction of sp³-hybridized carbons (Fsp3) is 0.0455. The van der Waals surface area contributed by atoms with Crippen LogP contribution in [0.25, 0.3) is 5.82 Å². The summed E-state index contributed by atoms with van der Waals surface area (Å²) in [5, 5.41) is 10.7. The first-order valence-corrected chi connectivity index (χ1v) is 9.12. The van der Waals surface area contributed by atoms with Gasteiger partial charge in [-0.3, -0.25) is 4.79 Å². The Morgan fingerprint density at radius 3 is 2.29 bits per heavy atom. The van der Waals surface area contributed by atoms with Crippen molar-refractivity contribution in [2.24, 2.45) is 0 Å². The van der Waals surface area contributed by atoms with E-state index < -0.39 is 17.6 Å². The van der Waals surface area contributed by atoms with E-state index in [-0.39, 0.29) is 11.4 Å². The molecule has 0 bridgehead atoms. The van der Waals surface area contributed by atoms with Crippen molar-refractivity contribution in [2.45, 2.75) is 6.18 Å². The van der Waals surface area contributed by atoms with E-state index in [2.05, 4.69) is 15.5 Å². The number of halogens is 3. The van der Waals surface area contributed by atoms with Crippen molar-refractivity contribution >= 4 is 11.6 Å². The number of carbonyl (C=O) groups excluding carboxylic acids is 1. The van der Waals surface area contributed by atoms with Crippen molar-refractivity contribution in [1.82, 2.24) is 14.8 Å². The summed E-state index contributed by atoms with van der Waals surface area (Å²) in [4.78, 5) is 12.3. The maximum absolute atomic E-state index is 12.8. The second kappa shape index (κ2) is 8.31. The summed E-state index contributed by atoms with van der Waals surface area (Å²) in [7, 11) is 0. The lowest BCUT2D eigenvalue weighted by Gasteiger charge is -2.10. The molecule has 156 valence electrons. The number of anilines is 1. The monoisotopic (exact) mass is 424 g/mol. The second-order valence-corrected chi connectivity index (χ2v) is 6.48. The molecule has 1 N–H and O–H groups in total. The number of rotatable bonds is 5. The van der Waals surface area contributed by atoms with E-state index in [0.29, 0.717) is 17.3 Å². The van der Waals surface area contributed by atoms with Crippen LogP contribution >= 0.6 is 0 Å². The van der Waals surface area contributed by atoms with Gasteiger partial charge in [0.1, 0.15) is 5.75 Å². The summed E-state index contributed by atoms with van der Waals surface area (Å²) < 4.78 is 45.9. The van der Waals surface area contributed by atoms with E-state index in [1.165, 1.54) is 12.1 Å². The molecule has 0 spiro atoms. The summed E-state index contributed by atoms with van der Waals surface area (Å²) in [5.74, 6) is 0.743. The molecule has 2 aromatic heterocycles. The van der Waals surface area contributed by atoms with Gasteiger partial charge in [-0.2, -0.15) is 13.2 Å². The molecule has 4 rings (SSSR count).